The molecule has 1 aromatic carbocycles. The maximum atomic E-state index is 11.7. The van der Waals surface area contributed by atoms with Gasteiger partial charge in [-0.15, -0.1) is 0 Å². The fraction of sp³-hybridized carbons (Fsp3) is 0.308. The van der Waals surface area contributed by atoms with Crippen molar-refractivity contribution in [2.75, 3.05) is 0 Å². The molecule has 0 bridgehead atoms. The molecule has 1 aromatic rings. The zero-order valence-corrected chi connectivity index (χ0v) is 9.68. The first-order chi connectivity index (χ1) is 8.56. The van der Waals surface area contributed by atoms with Gasteiger partial charge in [0, 0.05) is 6.42 Å². The van der Waals surface area contributed by atoms with Gasteiger partial charge in [0.05, 0.1) is 12.3 Å². The lowest BCUT2D eigenvalue weighted by Gasteiger charge is -2.21. The van der Waals surface area contributed by atoms with Crippen LogP contribution in [0.3, 0.4) is 0 Å². The van der Waals surface area contributed by atoms with Gasteiger partial charge >= 0.3 is 5.97 Å². The summed E-state index contributed by atoms with van der Waals surface area (Å²) in [7, 11) is 0. The molecule has 0 radical (unpaired) electrons. The van der Waals surface area contributed by atoms with Crippen molar-refractivity contribution < 1.29 is 19.5 Å². The third-order valence-electron chi connectivity index (χ3n) is 2.95. The van der Waals surface area contributed by atoms with E-state index >= 15 is 0 Å². The Hall–Kier alpha value is -2.17. The lowest BCUT2D eigenvalue weighted by atomic mass is 9.89. The molecule has 0 aromatic heterocycles. The van der Waals surface area contributed by atoms with Crippen LogP contribution in [-0.2, 0) is 20.8 Å². The minimum atomic E-state index is -0.907. The van der Waals surface area contributed by atoms with Crippen molar-refractivity contribution in [2.24, 2.45) is 0 Å². The zero-order chi connectivity index (χ0) is 13.1. The van der Waals surface area contributed by atoms with Gasteiger partial charge < -0.3 is 5.11 Å². The van der Waals surface area contributed by atoms with Crippen LogP contribution in [0, 0.1) is 0 Å². The van der Waals surface area contributed by atoms with E-state index in [0.717, 1.165) is 5.56 Å². The lowest BCUT2D eigenvalue weighted by molar-refractivity contribution is -0.136. The second kappa shape index (κ2) is 5.00. The Bertz CT molecular complexity index is 509. The molecule has 5 heteroatoms. The van der Waals surface area contributed by atoms with Crippen molar-refractivity contribution in [1.29, 1.82) is 0 Å². The lowest BCUT2D eigenvalue weighted by Crippen LogP contribution is -2.39. The summed E-state index contributed by atoms with van der Waals surface area (Å²) in [5, 5.41) is 11.0. The molecule has 5 nitrogen and oxygen atoms in total. The Kier molecular flexibility index (Phi) is 3.41. The molecule has 1 aliphatic heterocycles. The van der Waals surface area contributed by atoms with Crippen molar-refractivity contribution in [1.82, 2.24) is 5.32 Å². The van der Waals surface area contributed by atoms with Gasteiger partial charge in [0.15, 0.2) is 0 Å². The molecule has 1 saturated heterocycles. The van der Waals surface area contributed by atoms with E-state index in [1.165, 1.54) is 0 Å². The fourth-order valence-electron chi connectivity index (χ4n) is 2.11. The molecule has 94 valence electrons. The van der Waals surface area contributed by atoms with Crippen LogP contribution < -0.4 is 5.32 Å². The number of amides is 2. The molecule has 1 heterocycles. The number of hydrogen-bond acceptors (Lipinski definition) is 3. The number of nitrogens with one attached hydrogen (secondary N) is 1. The van der Waals surface area contributed by atoms with E-state index in [4.69, 9.17) is 5.11 Å². The molecule has 2 N–H and O–H groups in total. The molecule has 2 rings (SSSR count). The molecular weight excluding hydrogens is 234 g/mol. The van der Waals surface area contributed by atoms with Crippen molar-refractivity contribution in [3.8, 4) is 0 Å². The summed E-state index contributed by atoms with van der Waals surface area (Å²) in [6, 6.07) is 6.94. The number of carboxylic acids is 1. The highest BCUT2D eigenvalue weighted by molar-refractivity contribution is 6.00. The van der Waals surface area contributed by atoms with Crippen LogP contribution in [0.25, 0.3) is 0 Å². The smallest absolute Gasteiger partial charge is 0.307 e. The quantitative estimate of drug-likeness (QED) is 0.775. The van der Waals surface area contributed by atoms with Gasteiger partial charge in [-0.2, -0.15) is 0 Å². The van der Waals surface area contributed by atoms with E-state index in [1.807, 2.05) is 0 Å². The standard InChI is InChI=1S/C13H13NO4/c15-11-5-4-10(13(18)14-11)9-3-1-2-8(6-9)7-12(16)17/h1-3,6,10H,4-5,7H2,(H,16,17)(H,14,15,18). The Balaban J connectivity index is 2.20. The summed E-state index contributed by atoms with van der Waals surface area (Å²) >= 11 is 0. The molecule has 1 atom stereocenters. The largest absolute Gasteiger partial charge is 0.481 e. The van der Waals surface area contributed by atoms with Crippen LogP contribution in [0.5, 0.6) is 0 Å². The van der Waals surface area contributed by atoms with Gasteiger partial charge in [-0.05, 0) is 17.5 Å². The summed E-state index contributed by atoms with van der Waals surface area (Å²) in [6.45, 7) is 0. The minimum Gasteiger partial charge on any atom is -0.481 e. The predicted octanol–water partition coefficient (Wildman–Crippen LogP) is 0.834. The summed E-state index contributed by atoms with van der Waals surface area (Å²) < 4.78 is 0. The van der Waals surface area contributed by atoms with Gasteiger partial charge in [0.25, 0.3) is 0 Å². The first-order valence-corrected chi connectivity index (χ1v) is 5.70. The molecule has 1 aliphatic rings. The molecule has 18 heavy (non-hydrogen) atoms. The van der Waals surface area contributed by atoms with E-state index in [0.29, 0.717) is 18.4 Å². The molecule has 1 fully saturated rings. The number of piperidine rings is 1. The summed E-state index contributed by atoms with van der Waals surface area (Å²) in [6.07, 6.45) is 0.724. The molecule has 0 saturated carbocycles. The second-order valence-corrected chi connectivity index (χ2v) is 4.32. The van der Waals surface area contributed by atoms with E-state index in [2.05, 4.69) is 5.32 Å². The average molecular weight is 247 g/mol. The minimum absolute atomic E-state index is 0.0683. The topological polar surface area (TPSA) is 83.5 Å². The van der Waals surface area contributed by atoms with Crippen LogP contribution in [0.1, 0.15) is 29.9 Å². The fourth-order valence-corrected chi connectivity index (χ4v) is 2.11. The van der Waals surface area contributed by atoms with Crippen LogP contribution in [-0.4, -0.2) is 22.9 Å². The van der Waals surface area contributed by atoms with Crippen LogP contribution in [0.4, 0.5) is 0 Å². The predicted molar refractivity (Wildman–Crippen MR) is 62.9 cm³/mol. The van der Waals surface area contributed by atoms with Gasteiger partial charge in [-0.3, -0.25) is 19.7 Å². The van der Waals surface area contributed by atoms with Gasteiger partial charge in [-0.1, -0.05) is 24.3 Å². The normalized spacial score (nSPS) is 19.4. The number of aliphatic carboxylic acids is 1. The third-order valence-corrected chi connectivity index (χ3v) is 2.95. The molecule has 1 unspecified atom stereocenters. The average Bonchev–Trinajstić information content (AvgIpc) is 2.28. The highest BCUT2D eigenvalue weighted by atomic mass is 16.4. The SMILES string of the molecule is O=C(O)Cc1cccc(C2CCC(=O)NC2=O)c1. The molecule has 2 amide bonds. The maximum absolute atomic E-state index is 11.7. The highest BCUT2D eigenvalue weighted by Crippen LogP contribution is 2.25. The third kappa shape index (κ3) is 2.74. The molecule has 0 spiro atoms. The Morgan fingerprint density at radius 2 is 2.17 bits per heavy atom. The number of rotatable bonds is 3. The molecule has 0 aliphatic carbocycles. The first kappa shape index (κ1) is 12.3. The highest BCUT2D eigenvalue weighted by Gasteiger charge is 2.27. The van der Waals surface area contributed by atoms with Crippen molar-refractivity contribution >= 4 is 17.8 Å². The van der Waals surface area contributed by atoms with Crippen molar-refractivity contribution in [3.05, 3.63) is 35.4 Å². The number of hydrogen-bond donors (Lipinski definition) is 2. The monoisotopic (exact) mass is 247 g/mol. The van der Waals surface area contributed by atoms with Crippen LogP contribution in [0.15, 0.2) is 24.3 Å². The van der Waals surface area contributed by atoms with E-state index in [-0.39, 0.29) is 24.2 Å². The second-order valence-electron chi connectivity index (χ2n) is 4.32. The number of carbonyl (C=O) groups excluding carboxylic acids is 2. The number of carboxylic acid groups (broad SMARTS) is 1. The maximum Gasteiger partial charge on any atom is 0.307 e. The molecular formula is C13H13NO4. The Morgan fingerprint density at radius 3 is 2.83 bits per heavy atom. The number of imide groups is 1. The van der Waals surface area contributed by atoms with Gasteiger partial charge in [0.1, 0.15) is 0 Å². The number of benzene rings is 1. The van der Waals surface area contributed by atoms with Gasteiger partial charge in [-0.25, -0.2) is 0 Å². The number of carbonyl (C=O) groups is 3. The van der Waals surface area contributed by atoms with Crippen LogP contribution >= 0.6 is 0 Å². The summed E-state index contributed by atoms with van der Waals surface area (Å²) in [5.41, 5.74) is 1.42. The Morgan fingerprint density at radius 1 is 1.39 bits per heavy atom. The van der Waals surface area contributed by atoms with E-state index < -0.39 is 5.97 Å². The van der Waals surface area contributed by atoms with Crippen molar-refractivity contribution in [2.45, 2.75) is 25.2 Å². The zero-order valence-electron chi connectivity index (χ0n) is 9.68. The first-order valence-electron chi connectivity index (χ1n) is 5.70. The van der Waals surface area contributed by atoms with Gasteiger partial charge in [0.2, 0.25) is 11.8 Å². The van der Waals surface area contributed by atoms with Crippen LogP contribution in [0.2, 0.25) is 0 Å². The van der Waals surface area contributed by atoms with Crippen molar-refractivity contribution in [3.63, 3.8) is 0 Å². The van der Waals surface area contributed by atoms with E-state index in [9.17, 15) is 14.4 Å². The summed E-state index contributed by atoms with van der Waals surface area (Å²) in [4.78, 5) is 33.4. The Labute approximate surface area is 104 Å². The van der Waals surface area contributed by atoms with E-state index in [1.54, 1.807) is 24.3 Å². The summed E-state index contributed by atoms with van der Waals surface area (Å²) in [5.74, 6) is -1.83.